The number of carbonyl (C=O) groups excluding carboxylic acids is 2. The fourth-order valence-electron chi connectivity index (χ4n) is 2.66. The lowest BCUT2D eigenvalue weighted by molar-refractivity contribution is -0.118. The summed E-state index contributed by atoms with van der Waals surface area (Å²) in [6.45, 7) is 8.93. The minimum atomic E-state index is -0.109. The predicted octanol–water partition coefficient (Wildman–Crippen LogP) is 2.02. The SMILES string of the molecule is C#CCC/C=C(\C)C(=O)NCCOCCOCCOCCOCCOCCNC(=O)/C(C)=C/CCC#C. The molecule has 208 valence electrons. The standard InChI is InChI=1S/C28H44N2O7/c1-5-7-9-11-25(3)27(31)29-13-15-33-17-19-35-21-23-37-24-22-36-20-18-34-16-14-30-28(32)26(4)12-10-8-6-2/h1-2,11-12H,7-10,13-24H2,3-4H3,(H,29,31)(H,30,32)/b25-11+,26-12+. The number of ether oxygens (including phenoxy) is 5. The number of allylic oxidation sites excluding steroid dienone is 2. The monoisotopic (exact) mass is 520 g/mol. The van der Waals surface area contributed by atoms with Crippen LogP contribution in [0, 0.1) is 24.7 Å². The van der Waals surface area contributed by atoms with E-state index in [1.54, 1.807) is 13.8 Å². The maximum atomic E-state index is 11.8. The lowest BCUT2D eigenvalue weighted by Crippen LogP contribution is -2.28. The van der Waals surface area contributed by atoms with Crippen molar-refractivity contribution in [1.29, 1.82) is 0 Å². The van der Waals surface area contributed by atoms with Crippen LogP contribution < -0.4 is 10.6 Å². The van der Waals surface area contributed by atoms with E-state index in [0.29, 0.717) is 116 Å². The van der Waals surface area contributed by atoms with Gasteiger partial charge in [-0.3, -0.25) is 9.59 Å². The highest BCUT2D eigenvalue weighted by Gasteiger charge is 2.03. The maximum Gasteiger partial charge on any atom is 0.246 e. The number of hydrogen-bond donors (Lipinski definition) is 2. The molecule has 9 heteroatoms. The second-order valence-corrected chi connectivity index (χ2v) is 7.83. The van der Waals surface area contributed by atoms with E-state index < -0.39 is 0 Å². The molecule has 0 aliphatic heterocycles. The van der Waals surface area contributed by atoms with Gasteiger partial charge in [-0.25, -0.2) is 0 Å². The van der Waals surface area contributed by atoms with E-state index in [1.165, 1.54) is 0 Å². The van der Waals surface area contributed by atoms with Crippen molar-refractivity contribution in [2.45, 2.75) is 39.5 Å². The third-order valence-corrected chi connectivity index (χ3v) is 4.75. The van der Waals surface area contributed by atoms with Crippen LogP contribution in [0.2, 0.25) is 0 Å². The molecule has 0 aromatic heterocycles. The number of unbranched alkanes of at least 4 members (excludes halogenated alkanes) is 2. The van der Waals surface area contributed by atoms with Gasteiger partial charge in [-0.2, -0.15) is 0 Å². The molecule has 0 rings (SSSR count). The first-order chi connectivity index (χ1) is 18.0. The van der Waals surface area contributed by atoms with E-state index in [1.807, 2.05) is 12.2 Å². The van der Waals surface area contributed by atoms with Gasteiger partial charge < -0.3 is 34.3 Å². The molecule has 0 spiro atoms. The van der Waals surface area contributed by atoms with Gasteiger partial charge >= 0.3 is 0 Å². The van der Waals surface area contributed by atoms with Crippen LogP contribution in [0.1, 0.15) is 39.5 Å². The Morgan fingerprint density at radius 1 is 0.595 bits per heavy atom. The summed E-state index contributed by atoms with van der Waals surface area (Å²) in [5, 5.41) is 5.58. The molecule has 0 saturated heterocycles. The fourth-order valence-corrected chi connectivity index (χ4v) is 2.66. The second-order valence-electron chi connectivity index (χ2n) is 7.83. The van der Waals surface area contributed by atoms with Crippen LogP contribution in [0.15, 0.2) is 23.3 Å². The van der Waals surface area contributed by atoms with Crippen LogP contribution in [0.3, 0.4) is 0 Å². The molecule has 0 saturated carbocycles. The Balaban J connectivity index is 3.34. The van der Waals surface area contributed by atoms with Gasteiger partial charge in [0.25, 0.3) is 0 Å². The van der Waals surface area contributed by atoms with Crippen LogP contribution in [-0.2, 0) is 33.3 Å². The number of nitrogens with one attached hydrogen (secondary N) is 2. The average molecular weight is 521 g/mol. The van der Waals surface area contributed by atoms with Crippen molar-refractivity contribution in [3.05, 3.63) is 23.3 Å². The average Bonchev–Trinajstić information content (AvgIpc) is 2.89. The number of rotatable bonds is 24. The van der Waals surface area contributed by atoms with Crippen molar-refractivity contribution in [2.24, 2.45) is 0 Å². The summed E-state index contributed by atoms with van der Waals surface area (Å²) in [5.41, 5.74) is 1.32. The molecule has 0 aliphatic rings. The Morgan fingerprint density at radius 2 is 0.892 bits per heavy atom. The zero-order valence-corrected chi connectivity index (χ0v) is 22.5. The second kappa shape index (κ2) is 26.4. The summed E-state index contributed by atoms with van der Waals surface area (Å²) in [7, 11) is 0. The largest absolute Gasteiger partial charge is 0.377 e. The predicted molar refractivity (Wildman–Crippen MR) is 144 cm³/mol. The number of hydrogen-bond acceptors (Lipinski definition) is 7. The molecular weight excluding hydrogens is 476 g/mol. The summed E-state index contributed by atoms with van der Waals surface area (Å²) in [6.07, 6.45) is 16.7. The minimum absolute atomic E-state index is 0.109. The van der Waals surface area contributed by atoms with Crippen molar-refractivity contribution >= 4 is 11.8 Å². The third-order valence-electron chi connectivity index (χ3n) is 4.75. The van der Waals surface area contributed by atoms with Crippen LogP contribution in [0.4, 0.5) is 0 Å². The lowest BCUT2D eigenvalue weighted by Gasteiger charge is -2.09. The summed E-state index contributed by atoms with van der Waals surface area (Å²) in [5.74, 6) is 4.86. The molecule has 2 N–H and O–H groups in total. The molecule has 0 heterocycles. The van der Waals surface area contributed by atoms with E-state index in [0.717, 1.165) is 0 Å². The van der Waals surface area contributed by atoms with Gasteiger partial charge in [-0.1, -0.05) is 12.2 Å². The Kier molecular flexibility index (Phi) is 24.5. The Morgan fingerprint density at radius 3 is 1.19 bits per heavy atom. The van der Waals surface area contributed by atoms with Gasteiger partial charge in [0.15, 0.2) is 0 Å². The zero-order valence-electron chi connectivity index (χ0n) is 22.5. The van der Waals surface area contributed by atoms with Gasteiger partial charge in [0.2, 0.25) is 11.8 Å². The molecule has 0 unspecified atom stereocenters. The van der Waals surface area contributed by atoms with Gasteiger partial charge in [-0.05, 0) is 26.7 Å². The topological polar surface area (TPSA) is 104 Å². The van der Waals surface area contributed by atoms with Crippen LogP contribution >= 0.6 is 0 Å². The van der Waals surface area contributed by atoms with Crippen molar-refractivity contribution in [1.82, 2.24) is 10.6 Å². The van der Waals surface area contributed by atoms with E-state index in [2.05, 4.69) is 22.5 Å². The Labute approximate surface area is 222 Å². The van der Waals surface area contributed by atoms with Crippen molar-refractivity contribution in [2.75, 3.05) is 79.2 Å². The number of terminal acetylenes is 2. The summed E-state index contributed by atoms with van der Waals surface area (Å²) in [4.78, 5) is 23.6. The molecular formula is C28H44N2O7. The van der Waals surface area contributed by atoms with Gasteiger partial charge in [0.1, 0.15) is 0 Å². The molecule has 0 aromatic rings. The van der Waals surface area contributed by atoms with E-state index in [-0.39, 0.29) is 11.8 Å². The minimum Gasteiger partial charge on any atom is -0.377 e. The van der Waals surface area contributed by atoms with E-state index in [9.17, 15) is 9.59 Å². The molecule has 0 bridgehead atoms. The molecule has 0 aliphatic carbocycles. The van der Waals surface area contributed by atoms with Crippen LogP contribution in [0.5, 0.6) is 0 Å². The molecule has 2 amide bonds. The van der Waals surface area contributed by atoms with E-state index in [4.69, 9.17) is 36.5 Å². The summed E-state index contributed by atoms with van der Waals surface area (Å²) in [6, 6.07) is 0. The third kappa shape index (κ3) is 23.5. The Bertz CT molecular complexity index is 689. The zero-order chi connectivity index (χ0) is 27.4. The van der Waals surface area contributed by atoms with Crippen molar-refractivity contribution in [3.63, 3.8) is 0 Å². The molecule has 0 atom stereocenters. The highest BCUT2D eigenvalue weighted by molar-refractivity contribution is 5.93. The quantitative estimate of drug-likeness (QED) is 0.114. The first-order valence-electron chi connectivity index (χ1n) is 12.7. The Hall–Kier alpha value is -2.66. The number of amides is 2. The van der Waals surface area contributed by atoms with E-state index >= 15 is 0 Å². The van der Waals surface area contributed by atoms with Crippen LogP contribution in [-0.4, -0.2) is 91.0 Å². The molecule has 0 fully saturated rings. The van der Waals surface area contributed by atoms with Crippen LogP contribution in [0.25, 0.3) is 0 Å². The first kappa shape index (κ1) is 34.3. The normalized spacial score (nSPS) is 11.6. The highest BCUT2D eigenvalue weighted by atomic mass is 16.6. The molecule has 9 nitrogen and oxygen atoms in total. The lowest BCUT2D eigenvalue weighted by atomic mass is 10.2. The fraction of sp³-hybridized carbons (Fsp3) is 0.643. The van der Waals surface area contributed by atoms with Crippen molar-refractivity contribution < 1.29 is 33.3 Å². The molecule has 0 radical (unpaired) electrons. The van der Waals surface area contributed by atoms with Gasteiger partial charge in [0, 0.05) is 37.1 Å². The highest BCUT2D eigenvalue weighted by Crippen LogP contribution is 1.98. The number of carbonyl (C=O) groups is 2. The van der Waals surface area contributed by atoms with Gasteiger partial charge in [-0.15, -0.1) is 24.7 Å². The van der Waals surface area contributed by atoms with Gasteiger partial charge in [0.05, 0.1) is 66.1 Å². The summed E-state index contributed by atoms with van der Waals surface area (Å²) >= 11 is 0. The molecule has 0 aromatic carbocycles. The smallest absolute Gasteiger partial charge is 0.246 e. The molecule has 37 heavy (non-hydrogen) atoms. The van der Waals surface area contributed by atoms with Crippen molar-refractivity contribution in [3.8, 4) is 24.7 Å². The summed E-state index contributed by atoms with van der Waals surface area (Å²) < 4.78 is 27.1. The first-order valence-corrected chi connectivity index (χ1v) is 12.7. The maximum absolute atomic E-state index is 11.8.